The van der Waals surface area contributed by atoms with Crippen LogP contribution in [0.3, 0.4) is 0 Å². The van der Waals surface area contributed by atoms with E-state index in [1.807, 2.05) is 0 Å². The van der Waals surface area contributed by atoms with E-state index in [9.17, 15) is 27.6 Å². The molecule has 15 heteroatoms. The molecule has 3 rings (SSSR count). The zero-order valence-electron chi connectivity index (χ0n) is 16.6. The Balaban J connectivity index is 0.000000479. The average Bonchev–Trinajstić information content (AvgIpc) is 3.27. The van der Waals surface area contributed by atoms with Crippen LogP contribution in [0, 0.1) is 0 Å². The Morgan fingerprint density at radius 3 is 2.39 bits per heavy atom. The van der Waals surface area contributed by atoms with Crippen LogP contribution in [0.25, 0.3) is 16.6 Å². The molecule has 0 saturated heterocycles. The number of carbonyl (C=O) groups excluding carboxylic acids is 2. The molecule has 0 fully saturated rings. The zero-order chi connectivity index (χ0) is 24.8. The van der Waals surface area contributed by atoms with Gasteiger partial charge < -0.3 is 15.0 Å². The molecule has 0 unspecified atom stereocenters. The summed E-state index contributed by atoms with van der Waals surface area (Å²) in [7, 11) is 1.29. The van der Waals surface area contributed by atoms with Crippen LogP contribution in [-0.4, -0.2) is 79.2 Å². The van der Waals surface area contributed by atoms with Crippen molar-refractivity contribution >= 4 is 35.0 Å². The topological polar surface area (TPSA) is 165 Å². The quantitative estimate of drug-likeness (QED) is 0.398. The fourth-order valence-corrected chi connectivity index (χ4v) is 2.39. The minimum Gasteiger partial charge on any atom is -0.476 e. The summed E-state index contributed by atoms with van der Waals surface area (Å²) < 4.78 is 33.0. The van der Waals surface area contributed by atoms with Gasteiger partial charge in [-0.1, -0.05) is 5.21 Å². The maximum absolute atomic E-state index is 12.6. The molecule has 0 saturated carbocycles. The number of hydroxylamine groups is 2. The van der Waals surface area contributed by atoms with Crippen LogP contribution >= 0.6 is 0 Å². The van der Waals surface area contributed by atoms with E-state index in [0.29, 0.717) is 22.9 Å². The van der Waals surface area contributed by atoms with Gasteiger partial charge in [-0.05, 0) is 24.3 Å². The van der Waals surface area contributed by atoms with E-state index in [-0.39, 0.29) is 17.8 Å². The van der Waals surface area contributed by atoms with Gasteiger partial charge in [-0.2, -0.15) is 13.2 Å². The molecular weight excluding hydrogens is 455 g/mol. The Morgan fingerprint density at radius 1 is 1.21 bits per heavy atom. The van der Waals surface area contributed by atoms with Gasteiger partial charge in [-0.15, -0.1) is 5.10 Å². The second kappa shape index (κ2) is 10.3. The molecule has 2 heterocycles. The van der Waals surface area contributed by atoms with Gasteiger partial charge in [-0.25, -0.2) is 19.3 Å². The van der Waals surface area contributed by atoms with Crippen LogP contribution in [-0.2, 0) is 14.4 Å². The molecule has 0 spiro atoms. The number of halogens is 3. The summed E-state index contributed by atoms with van der Waals surface area (Å²) in [6.45, 7) is -0.218. The van der Waals surface area contributed by atoms with E-state index in [0.717, 1.165) is 5.06 Å². The number of pyridine rings is 1. The van der Waals surface area contributed by atoms with Crippen molar-refractivity contribution < 1.29 is 47.4 Å². The Labute approximate surface area is 181 Å². The Kier molecular flexibility index (Phi) is 7.74. The number of carbonyl (C=O) groups is 4. The SMILES string of the molecule is CON(CC=O)C(=O)c1ccnc2ccc(-n3cc(C(=O)O)nn3)cc12.O=C(O)C(F)(F)F. The van der Waals surface area contributed by atoms with Gasteiger partial charge in [0.2, 0.25) is 0 Å². The third-order valence-electron chi connectivity index (χ3n) is 3.86. The number of hydrogen-bond acceptors (Lipinski definition) is 8. The second-order valence-electron chi connectivity index (χ2n) is 5.93. The van der Waals surface area contributed by atoms with E-state index in [4.69, 9.17) is 19.8 Å². The van der Waals surface area contributed by atoms with Gasteiger partial charge in [0.05, 0.1) is 30.1 Å². The van der Waals surface area contributed by atoms with Gasteiger partial charge in [-0.3, -0.25) is 14.6 Å². The van der Waals surface area contributed by atoms with Crippen LogP contribution in [0.15, 0.2) is 36.7 Å². The van der Waals surface area contributed by atoms with E-state index >= 15 is 0 Å². The van der Waals surface area contributed by atoms with Gasteiger partial charge in [0.25, 0.3) is 5.91 Å². The van der Waals surface area contributed by atoms with E-state index in [1.165, 1.54) is 30.3 Å². The molecule has 2 aromatic heterocycles. The molecular formula is C18H14F3N5O7. The summed E-state index contributed by atoms with van der Waals surface area (Å²) >= 11 is 0. The monoisotopic (exact) mass is 469 g/mol. The summed E-state index contributed by atoms with van der Waals surface area (Å²) in [5, 5.41) is 24.8. The number of amides is 1. The highest BCUT2D eigenvalue weighted by molar-refractivity contribution is 6.06. The fraction of sp³-hybridized carbons (Fsp3) is 0.167. The number of aliphatic carboxylic acids is 1. The minimum atomic E-state index is -5.08. The first kappa shape index (κ1) is 24.9. The first-order chi connectivity index (χ1) is 15.5. The maximum Gasteiger partial charge on any atom is 0.490 e. The zero-order valence-corrected chi connectivity index (χ0v) is 16.6. The molecule has 33 heavy (non-hydrogen) atoms. The minimum absolute atomic E-state index is 0.205. The van der Waals surface area contributed by atoms with E-state index in [2.05, 4.69) is 15.3 Å². The maximum atomic E-state index is 12.6. The molecule has 0 bridgehead atoms. The van der Waals surface area contributed by atoms with Crippen molar-refractivity contribution in [2.75, 3.05) is 13.7 Å². The highest BCUT2D eigenvalue weighted by Gasteiger charge is 2.38. The van der Waals surface area contributed by atoms with Crippen molar-refractivity contribution in [3.63, 3.8) is 0 Å². The third kappa shape index (κ3) is 6.07. The van der Waals surface area contributed by atoms with Crippen LogP contribution < -0.4 is 0 Å². The van der Waals surface area contributed by atoms with Crippen molar-refractivity contribution in [1.82, 2.24) is 25.0 Å². The number of carboxylic acid groups (broad SMARTS) is 2. The molecule has 12 nitrogen and oxygen atoms in total. The molecule has 2 N–H and O–H groups in total. The van der Waals surface area contributed by atoms with Crippen molar-refractivity contribution in [3.05, 3.63) is 47.9 Å². The standard InChI is InChI=1S/C16H13N5O5.C2HF3O2/c1-26-21(6-7-22)15(23)11-4-5-17-13-3-2-10(8-12(11)13)20-9-14(16(24)25)18-19-20;3-2(4,5)1(6)7/h2-5,7-9H,6H2,1H3,(H,24,25);(H,6,7). The summed E-state index contributed by atoms with van der Waals surface area (Å²) in [6, 6.07) is 6.48. The Bertz CT molecular complexity index is 1200. The lowest BCUT2D eigenvalue weighted by Crippen LogP contribution is -2.31. The molecule has 0 aliphatic heterocycles. The number of rotatable bonds is 6. The normalized spacial score (nSPS) is 10.8. The number of nitrogens with zero attached hydrogens (tertiary/aromatic N) is 5. The predicted molar refractivity (Wildman–Crippen MR) is 101 cm³/mol. The number of carboxylic acids is 2. The summed E-state index contributed by atoms with van der Waals surface area (Å²) in [6.07, 6.45) is -1.80. The lowest BCUT2D eigenvalue weighted by molar-refractivity contribution is -0.192. The van der Waals surface area contributed by atoms with Gasteiger partial charge in [0.1, 0.15) is 12.8 Å². The number of aromatic carboxylic acids is 1. The van der Waals surface area contributed by atoms with Gasteiger partial charge in [0, 0.05) is 11.6 Å². The molecule has 0 radical (unpaired) electrons. The smallest absolute Gasteiger partial charge is 0.476 e. The first-order valence-electron chi connectivity index (χ1n) is 8.64. The summed E-state index contributed by atoms with van der Waals surface area (Å²) in [4.78, 5) is 52.3. The first-order valence-corrected chi connectivity index (χ1v) is 8.64. The molecule has 0 aliphatic carbocycles. The second-order valence-corrected chi connectivity index (χ2v) is 5.93. The number of fused-ring (bicyclic) bond motifs is 1. The van der Waals surface area contributed by atoms with Gasteiger partial charge in [0.15, 0.2) is 5.69 Å². The van der Waals surface area contributed by atoms with Crippen molar-refractivity contribution in [2.24, 2.45) is 0 Å². The van der Waals surface area contributed by atoms with Crippen LogP contribution in [0.5, 0.6) is 0 Å². The molecule has 3 aromatic rings. The lowest BCUT2D eigenvalue weighted by atomic mass is 10.1. The third-order valence-corrected chi connectivity index (χ3v) is 3.86. The highest BCUT2D eigenvalue weighted by Crippen LogP contribution is 2.22. The van der Waals surface area contributed by atoms with Crippen molar-refractivity contribution in [1.29, 1.82) is 0 Å². The number of aromatic nitrogens is 4. The van der Waals surface area contributed by atoms with Crippen LogP contribution in [0.2, 0.25) is 0 Å². The van der Waals surface area contributed by atoms with Crippen LogP contribution in [0.4, 0.5) is 13.2 Å². The molecule has 174 valence electrons. The Hall–Kier alpha value is -4.40. The highest BCUT2D eigenvalue weighted by atomic mass is 19.4. The largest absolute Gasteiger partial charge is 0.490 e. The van der Waals surface area contributed by atoms with Crippen LogP contribution in [0.1, 0.15) is 20.8 Å². The van der Waals surface area contributed by atoms with Crippen molar-refractivity contribution in [2.45, 2.75) is 6.18 Å². The number of aldehydes is 1. The van der Waals surface area contributed by atoms with E-state index in [1.54, 1.807) is 18.2 Å². The van der Waals surface area contributed by atoms with Crippen molar-refractivity contribution in [3.8, 4) is 5.69 Å². The summed E-state index contributed by atoms with van der Waals surface area (Å²) in [5.41, 5.74) is 1.11. The predicted octanol–water partition coefficient (Wildman–Crippen LogP) is 1.35. The lowest BCUT2D eigenvalue weighted by Gasteiger charge is -2.17. The van der Waals surface area contributed by atoms with E-state index < -0.39 is 24.0 Å². The fourth-order valence-electron chi connectivity index (χ4n) is 2.39. The summed E-state index contributed by atoms with van der Waals surface area (Å²) in [5.74, 6) is -4.46. The number of hydrogen-bond donors (Lipinski definition) is 2. The average molecular weight is 469 g/mol. The van der Waals surface area contributed by atoms with Gasteiger partial charge >= 0.3 is 18.1 Å². The molecule has 1 amide bonds. The molecule has 1 aromatic carbocycles. The number of alkyl halides is 3. The Morgan fingerprint density at radius 2 is 1.88 bits per heavy atom. The number of benzene rings is 1. The molecule has 0 aliphatic rings. The molecule has 0 atom stereocenters.